The Hall–Kier alpha value is -4.07. The molecule has 0 aromatic heterocycles. The van der Waals surface area contributed by atoms with E-state index in [1.807, 2.05) is 0 Å². The van der Waals surface area contributed by atoms with Crippen LogP contribution in [0.3, 0.4) is 0 Å². The molecule has 4 rings (SSSR count). The lowest BCUT2D eigenvalue weighted by atomic mass is 9.86. The molecule has 3 aromatic carbocycles. The van der Waals surface area contributed by atoms with Gasteiger partial charge in [0.05, 0.1) is 17.5 Å². The number of carbonyl (C=O) groups is 2. The smallest absolute Gasteiger partial charge is 0.447 e. The fourth-order valence-electron chi connectivity index (χ4n) is 4.85. The van der Waals surface area contributed by atoms with Gasteiger partial charge in [-0.15, -0.1) is 0 Å². The van der Waals surface area contributed by atoms with Crippen molar-refractivity contribution < 1.29 is 53.3 Å². The van der Waals surface area contributed by atoms with Crippen molar-refractivity contribution in [2.75, 3.05) is 6.61 Å². The number of rotatable bonds is 9. The third-order valence-corrected chi connectivity index (χ3v) is 7.86. The Morgan fingerprint density at radius 2 is 1.59 bits per heavy atom. The number of amides is 2. The summed E-state index contributed by atoms with van der Waals surface area (Å²) in [6, 6.07) is 15.1. The average molecular weight is 644 g/mol. The van der Waals surface area contributed by atoms with Gasteiger partial charge in [0, 0.05) is 0 Å². The third-order valence-electron chi connectivity index (χ3n) is 6.88. The van der Waals surface area contributed by atoms with Crippen LogP contribution in [0.1, 0.15) is 42.9 Å². The van der Waals surface area contributed by atoms with Gasteiger partial charge in [0.15, 0.2) is 0 Å². The van der Waals surface area contributed by atoms with E-state index in [9.17, 15) is 44.3 Å². The van der Waals surface area contributed by atoms with Crippen LogP contribution in [0.25, 0.3) is 11.1 Å². The zero-order valence-electron chi connectivity index (χ0n) is 23.4. The Kier molecular flexibility index (Phi) is 9.33. The number of alkyl halides is 6. The highest BCUT2D eigenvalue weighted by atomic mass is 32.2. The number of halogens is 6. The minimum absolute atomic E-state index is 0.00775. The molecule has 3 aromatic rings. The number of cyclic esters (lactones) is 1. The third kappa shape index (κ3) is 7.52. The second kappa shape index (κ2) is 12.5. The minimum Gasteiger partial charge on any atom is -0.447 e. The van der Waals surface area contributed by atoms with E-state index in [2.05, 4.69) is 4.18 Å². The Labute approximate surface area is 249 Å². The van der Waals surface area contributed by atoms with Crippen molar-refractivity contribution in [3.63, 3.8) is 0 Å². The summed E-state index contributed by atoms with van der Waals surface area (Å²) in [6.07, 6.45) is -5.25. The minimum atomic E-state index is -6.15. The van der Waals surface area contributed by atoms with Crippen LogP contribution in [0.4, 0.5) is 31.1 Å². The Balaban J connectivity index is 1.80. The molecule has 2 amide bonds. The Morgan fingerprint density at radius 3 is 2.16 bits per heavy atom. The first-order valence-corrected chi connectivity index (χ1v) is 14.7. The first-order chi connectivity index (χ1) is 20.5. The summed E-state index contributed by atoms with van der Waals surface area (Å²) in [7, 11) is -6.15. The van der Waals surface area contributed by atoms with E-state index in [1.165, 1.54) is 6.07 Å². The molecule has 1 heterocycles. The Bertz CT molecular complexity index is 1610. The topological polar surface area (TPSA) is 90.0 Å². The van der Waals surface area contributed by atoms with Crippen molar-refractivity contribution in [2.24, 2.45) is 5.92 Å². The maximum atomic E-state index is 14.0. The standard InChI is InChI=1S/C30H27F6NO6S/c1-18(2)12-26(27(38)37-24(17-42-28(37)39)13-19-6-4-3-5-7-19)22-14-21(20-8-10-23(11-9-20)29(31,32)33)15-25(16-22)43-44(40,41)30(34,35)36/h3-11,14-16,18,24,26H,12-13,17H2,1-2H3/t24-,26-/m0/s1. The number of imide groups is 1. The maximum Gasteiger partial charge on any atom is 0.534 e. The first kappa shape index (κ1) is 32.8. The molecule has 2 atom stereocenters. The van der Waals surface area contributed by atoms with Crippen molar-refractivity contribution >= 4 is 22.1 Å². The second-order valence-corrected chi connectivity index (χ2v) is 12.2. The van der Waals surface area contributed by atoms with E-state index in [1.54, 1.807) is 44.2 Å². The summed E-state index contributed by atoms with van der Waals surface area (Å²) >= 11 is 0. The first-order valence-electron chi connectivity index (χ1n) is 13.3. The van der Waals surface area contributed by atoms with Crippen LogP contribution < -0.4 is 4.18 Å². The molecule has 1 fully saturated rings. The van der Waals surface area contributed by atoms with Crippen LogP contribution in [0.15, 0.2) is 72.8 Å². The molecule has 7 nitrogen and oxygen atoms in total. The van der Waals surface area contributed by atoms with Gasteiger partial charge >= 0.3 is 27.9 Å². The molecule has 0 N–H and O–H groups in total. The molecule has 0 unspecified atom stereocenters. The van der Waals surface area contributed by atoms with Gasteiger partial charge in [-0.3, -0.25) is 4.79 Å². The summed E-state index contributed by atoms with van der Waals surface area (Å²) < 4.78 is 112. The van der Waals surface area contributed by atoms with Gasteiger partial charge in [0.25, 0.3) is 0 Å². The molecule has 0 bridgehead atoms. The molecule has 0 saturated carbocycles. The van der Waals surface area contributed by atoms with Crippen LogP contribution >= 0.6 is 0 Å². The summed E-state index contributed by atoms with van der Waals surface area (Å²) in [5.41, 5.74) is -5.91. The number of ether oxygens (including phenoxy) is 1. The van der Waals surface area contributed by atoms with Crippen molar-refractivity contribution in [1.29, 1.82) is 0 Å². The van der Waals surface area contributed by atoms with E-state index >= 15 is 0 Å². The van der Waals surface area contributed by atoms with Gasteiger partial charge in [-0.25, -0.2) is 9.69 Å². The lowest BCUT2D eigenvalue weighted by Crippen LogP contribution is -2.43. The second-order valence-electron chi connectivity index (χ2n) is 10.7. The fourth-order valence-corrected chi connectivity index (χ4v) is 5.29. The van der Waals surface area contributed by atoms with E-state index in [4.69, 9.17) is 4.74 Å². The lowest BCUT2D eigenvalue weighted by Gasteiger charge is -2.27. The zero-order chi connectivity index (χ0) is 32.4. The number of nitrogens with zero attached hydrogens (tertiary/aromatic N) is 1. The molecule has 236 valence electrons. The molecule has 1 aliphatic rings. The Morgan fingerprint density at radius 1 is 0.955 bits per heavy atom. The van der Waals surface area contributed by atoms with Gasteiger partial charge in [-0.1, -0.05) is 62.4 Å². The predicted molar refractivity (Wildman–Crippen MR) is 147 cm³/mol. The van der Waals surface area contributed by atoms with Crippen LogP contribution in [-0.4, -0.2) is 43.5 Å². The average Bonchev–Trinajstić information content (AvgIpc) is 3.29. The normalized spacial score (nSPS) is 16.6. The summed E-state index contributed by atoms with van der Waals surface area (Å²) in [5, 5.41) is 0. The molecule has 1 aliphatic heterocycles. The van der Waals surface area contributed by atoms with Crippen molar-refractivity contribution in [3.8, 4) is 16.9 Å². The summed E-state index contributed by atoms with van der Waals surface area (Å²) in [5.74, 6) is -2.95. The number of carbonyl (C=O) groups excluding carboxylic acids is 2. The number of hydrogen-bond donors (Lipinski definition) is 0. The highest BCUT2D eigenvalue weighted by molar-refractivity contribution is 7.88. The van der Waals surface area contributed by atoms with Gasteiger partial charge in [-0.2, -0.15) is 34.8 Å². The van der Waals surface area contributed by atoms with E-state index in [0.717, 1.165) is 46.9 Å². The van der Waals surface area contributed by atoms with E-state index in [0.29, 0.717) is 0 Å². The van der Waals surface area contributed by atoms with Gasteiger partial charge in [0.2, 0.25) is 5.91 Å². The highest BCUT2D eigenvalue weighted by Gasteiger charge is 2.49. The SMILES string of the molecule is CC(C)C[C@H](C(=O)N1C(=O)OC[C@@H]1Cc1ccccc1)c1cc(OS(=O)(=O)C(F)(F)F)cc(-c2ccc(C(F)(F)F)cc2)c1. The largest absolute Gasteiger partial charge is 0.534 e. The van der Waals surface area contributed by atoms with Crippen molar-refractivity contribution in [3.05, 3.63) is 89.5 Å². The number of hydrogen-bond acceptors (Lipinski definition) is 6. The summed E-state index contributed by atoms with van der Waals surface area (Å²) in [6.45, 7) is 3.42. The van der Waals surface area contributed by atoms with Crippen LogP contribution in [0, 0.1) is 5.92 Å². The van der Waals surface area contributed by atoms with Crippen molar-refractivity contribution in [2.45, 2.75) is 50.3 Å². The molecule has 0 spiro atoms. The van der Waals surface area contributed by atoms with Gasteiger partial charge in [0.1, 0.15) is 12.4 Å². The fraction of sp³-hybridized carbons (Fsp3) is 0.333. The van der Waals surface area contributed by atoms with Crippen molar-refractivity contribution in [1.82, 2.24) is 4.90 Å². The highest BCUT2D eigenvalue weighted by Crippen LogP contribution is 2.38. The van der Waals surface area contributed by atoms with Crippen LogP contribution in [-0.2, 0) is 32.2 Å². The molecular formula is C30H27F6NO6S. The monoisotopic (exact) mass is 643 g/mol. The molecule has 1 saturated heterocycles. The quantitative estimate of drug-likeness (QED) is 0.138. The molecular weight excluding hydrogens is 616 g/mol. The van der Waals surface area contributed by atoms with E-state index in [-0.39, 0.29) is 42.1 Å². The zero-order valence-corrected chi connectivity index (χ0v) is 24.2. The van der Waals surface area contributed by atoms with E-state index < -0.39 is 57.1 Å². The molecule has 44 heavy (non-hydrogen) atoms. The molecule has 0 radical (unpaired) electrons. The molecule has 0 aliphatic carbocycles. The lowest BCUT2D eigenvalue weighted by molar-refractivity contribution is -0.137. The predicted octanol–water partition coefficient (Wildman–Crippen LogP) is 7.32. The van der Waals surface area contributed by atoms with Gasteiger partial charge < -0.3 is 8.92 Å². The number of benzene rings is 3. The summed E-state index contributed by atoms with van der Waals surface area (Å²) in [4.78, 5) is 27.7. The van der Waals surface area contributed by atoms with Gasteiger partial charge in [-0.05, 0) is 65.3 Å². The van der Waals surface area contributed by atoms with Crippen LogP contribution in [0.5, 0.6) is 5.75 Å². The van der Waals surface area contributed by atoms with Crippen LogP contribution in [0.2, 0.25) is 0 Å². The maximum absolute atomic E-state index is 14.0. The molecule has 14 heteroatoms.